The average Bonchev–Trinajstić information content (AvgIpc) is 2.87. The third-order valence-electron chi connectivity index (χ3n) is 3.22. The van der Waals surface area contributed by atoms with Crippen molar-refractivity contribution in [2.45, 2.75) is 0 Å². The first-order valence-electron chi connectivity index (χ1n) is 6.52. The van der Waals surface area contributed by atoms with Gasteiger partial charge in [-0.05, 0) is 30.3 Å². The normalized spacial score (nSPS) is 10.8. The van der Waals surface area contributed by atoms with Crippen LogP contribution in [-0.4, -0.2) is 13.0 Å². The molecule has 0 aliphatic rings. The van der Waals surface area contributed by atoms with E-state index in [2.05, 4.69) is 5.32 Å². The highest BCUT2D eigenvalue weighted by Gasteiger charge is 2.18. The van der Waals surface area contributed by atoms with Crippen molar-refractivity contribution in [2.75, 3.05) is 12.4 Å². The van der Waals surface area contributed by atoms with E-state index in [1.807, 2.05) is 0 Å². The molecule has 0 fully saturated rings. The Morgan fingerprint density at radius 1 is 1.17 bits per heavy atom. The lowest BCUT2D eigenvalue weighted by Gasteiger charge is -2.04. The number of methoxy groups -OCH3 is 1. The molecule has 0 saturated carbocycles. The number of anilines is 1. The molecule has 0 saturated heterocycles. The van der Waals surface area contributed by atoms with Crippen LogP contribution in [0, 0.1) is 11.6 Å². The highest BCUT2D eigenvalue weighted by Crippen LogP contribution is 2.37. The molecule has 3 rings (SSSR count). The van der Waals surface area contributed by atoms with E-state index in [-0.39, 0.29) is 5.69 Å². The fourth-order valence-electron chi connectivity index (χ4n) is 2.08. The molecule has 7 heteroatoms. The van der Waals surface area contributed by atoms with Crippen LogP contribution in [0.2, 0.25) is 5.02 Å². The van der Waals surface area contributed by atoms with Crippen molar-refractivity contribution in [1.29, 1.82) is 0 Å². The number of amides is 1. The van der Waals surface area contributed by atoms with E-state index < -0.39 is 17.5 Å². The van der Waals surface area contributed by atoms with Crippen LogP contribution >= 0.6 is 22.9 Å². The highest BCUT2D eigenvalue weighted by atomic mass is 35.5. The summed E-state index contributed by atoms with van der Waals surface area (Å²) in [5.41, 5.74) is 0.153. The van der Waals surface area contributed by atoms with Gasteiger partial charge in [0.1, 0.15) is 10.6 Å². The second-order valence-electron chi connectivity index (χ2n) is 4.69. The zero-order valence-corrected chi connectivity index (χ0v) is 13.4. The number of thiophene rings is 1. The molecule has 0 radical (unpaired) electrons. The van der Waals surface area contributed by atoms with Crippen molar-refractivity contribution in [3.05, 3.63) is 57.9 Å². The lowest BCUT2D eigenvalue weighted by Crippen LogP contribution is -2.11. The smallest absolute Gasteiger partial charge is 0.267 e. The average molecular weight is 354 g/mol. The number of carbonyl (C=O) groups is 1. The third kappa shape index (κ3) is 3.00. The van der Waals surface area contributed by atoms with Crippen molar-refractivity contribution < 1.29 is 18.3 Å². The van der Waals surface area contributed by atoms with Gasteiger partial charge in [-0.25, -0.2) is 8.78 Å². The molecule has 0 unspecified atom stereocenters. The molecule has 118 valence electrons. The number of benzene rings is 2. The molecule has 0 bridgehead atoms. The Balaban J connectivity index is 1.94. The first-order chi connectivity index (χ1) is 11.0. The molecular formula is C16H10ClF2NO2S. The predicted octanol–water partition coefficient (Wildman–Crippen LogP) is 5.09. The van der Waals surface area contributed by atoms with Gasteiger partial charge in [-0.15, -0.1) is 11.3 Å². The van der Waals surface area contributed by atoms with Crippen LogP contribution < -0.4 is 10.1 Å². The summed E-state index contributed by atoms with van der Waals surface area (Å²) in [5.74, 6) is -1.86. The molecule has 0 spiro atoms. The molecule has 3 aromatic rings. The minimum absolute atomic E-state index is 0.153. The molecule has 1 aromatic heterocycles. The maximum absolute atomic E-state index is 13.2. The van der Waals surface area contributed by atoms with Crippen LogP contribution in [-0.2, 0) is 0 Å². The van der Waals surface area contributed by atoms with E-state index in [4.69, 9.17) is 16.3 Å². The topological polar surface area (TPSA) is 38.3 Å². The number of rotatable bonds is 3. The molecule has 1 amide bonds. The van der Waals surface area contributed by atoms with E-state index >= 15 is 0 Å². The Morgan fingerprint density at radius 3 is 2.65 bits per heavy atom. The number of nitrogens with one attached hydrogen (secondary N) is 1. The van der Waals surface area contributed by atoms with E-state index in [0.29, 0.717) is 21.0 Å². The maximum Gasteiger partial charge on any atom is 0.267 e. The summed E-state index contributed by atoms with van der Waals surface area (Å²) in [6, 6.07) is 8.45. The number of hydrogen-bond donors (Lipinski definition) is 1. The summed E-state index contributed by atoms with van der Waals surface area (Å²) in [4.78, 5) is 12.6. The van der Waals surface area contributed by atoms with E-state index in [0.717, 1.165) is 16.8 Å². The second-order valence-corrected chi connectivity index (χ2v) is 6.12. The van der Waals surface area contributed by atoms with Gasteiger partial charge in [0.25, 0.3) is 5.91 Å². The van der Waals surface area contributed by atoms with Crippen molar-refractivity contribution in [2.24, 2.45) is 0 Å². The summed E-state index contributed by atoms with van der Waals surface area (Å²) in [6.45, 7) is 0. The van der Waals surface area contributed by atoms with Gasteiger partial charge in [-0.1, -0.05) is 11.6 Å². The van der Waals surface area contributed by atoms with Crippen LogP contribution in [0.25, 0.3) is 10.1 Å². The van der Waals surface area contributed by atoms with Gasteiger partial charge in [-0.2, -0.15) is 0 Å². The fraction of sp³-hybridized carbons (Fsp3) is 0.0625. The highest BCUT2D eigenvalue weighted by molar-refractivity contribution is 7.21. The lowest BCUT2D eigenvalue weighted by molar-refractivity contribution is 0.103. The Labute approximate surface area is 139 Å². The zero-order valence-electron chi connectivity index (χ0n) is 11.8. The molecule has 0 atom stereocenters. The summed E-state index contributed by atoms with van der Waals surface area (Å²) >= 11 is 7.47. The van der Waals surface area contributed by atoms with Crippen molar-refractivity contribution in [3.63, 3.8) is 0 Å². The molecule has 1 N–H and O–H groups in total. The van der Waals surface area contributed by atoms with Crippen LogP contribution in [0.5, 0.6) is 5.75 Å². The first kappa shape index (κ1) is 15.7. The minimum atomic E-state index is -1.03. The lowest BCUT2D eigenvalue weighted by atomic mass is 10.2. The Bertz CT molecular complexity index is 910. The molecule has 23 heavy (non-hydrogen) atoms. The number of carbonyl (C=O) groups excluding carboxylic acids is 1. The SMILES string of the molecule is COc1ccc2sc(C(=O)Nc3ccc(F)c(F)c3)c(Cl)c2c1. The van der Waals surface area contributed by atoms with Gasteiger partial charge in [-0.3, -0.25) is 4.79 Å². The second kappa shape index (κ2) is 6.14. The molecular weight excluding hydrogens is 344 g/mol. The summed E-state index contributed by atoms with van der Waals surface area (Å²) in [7, 11) is 1.54. The number of fused-ring (bicyclic) bond motifs is 1. The number of halogens is 3. The summed E-state index contributed by atoms with van der Waals surface area (Å²) < 4.78 is 32.1. The third-order valence-corrected chi connectivity index (χ3v) is 4.89. The zero-order chi connectivity index (χ0) is 16.6. The molecule has 2 aromatic carbocycles. The van der Waals surface area contributed by atoms with Gasteiger partial charge < -0.3 is 10.1 Å². The van der Waals surface area contributed by atoms with Crippen molar-refractivity contribution in [1.82, 2.24) is 0 Å². The van der Waals surface area contributed by atoms with Crippen LogP contribution in [0.1, 0.15) is 9.67 Å². The van der Waals surface area contributed by atoms with E-state index in [1.165, 1.54) is 24.5 Å². The summed E-state index contributed by atoms with van der Waals surface area (Å²) in [5, 5.41) is 3.50. The van der Waals surface area contributed by atoms with Gasteiger partial charge in [0.2, 0.25) is 0 Å². The van der Waals surface area contributed by atoms with Crippen LogP contribution in [0.4, 0.5) is 14.5 Å². The monoisotopic (exact) mass is 353 g/mol. The minimum Gasteiger partial charge on any atom is -0.497 e. The summed E-state index contributed by atoms with van der Waals surface area (Å²) in [6.07, 6.45) is 0. The standard InChI is InChI=1S/C16H10ClF2NO2S/c1-22-9-3-5-13-10(7-9)14(17)15(23-13)16(21)20-8-2-4-11(18)12(19)6-8/h2-7H,1H3,(H,20,21). The number of hydrogen-bond acceptors (Lipinski definition) is 3. The Hall–Kier alpha value is -2.18. The molecule has 1 heterocycles. The van der Waals surface area contributed by atoms with E-state index in [9.17, 15) is 13.6 Å². The Kier molecular flexibility index (Phi) is 4.19. The van der Waals surface area contributed by atoms with Gasteiger partial charge in [0.05, 0.1) is 12.1 Å². The quantitative estimate of drug-likeness (QED) is 0.712. The van der Waals surface area contributed by atoms with Crippen LogP contribution in [0.15, 0.2) is 36.4 Å². The van der Waals surface area contributed by atoms with E-state index in [1.54, 1.807) is 18.2 Å². The maximum atomic E-state index is 13.2. The molecule has 3 nitrogen and oxygen atoms in total. The van der Waals surface area contributed by atoms with Gasteiger partial charge in [0, 0.05) is 21.8 Å². The van der Waals surface area contributed by atoms with Crippen molar-refractivity contribution in [3.8, 4) is 5.75 Å². The van der Waals surface area contributed by atoms with Gasteiger partial charge >= 0.3 is 0 Å². The Morgan fingerprint density at radius 2 is 1.96 bits per heavy atom. The largest absolute Gasteiger partial charge is 0.497 e. The first-order valence-corrected chi connectivity index (χ1v) is 7.71. The fourth-order valence-corrected chi connectivity index (χ4v) is 3.47. The predicted molar refractivity (Wildman–Crippen MR) is 87.7 cm³/mol. The number of ether oxygens (including phenoxy) is 1. The van der Waals surface area contributed by atoms with Gasteiger partial charge in [0.15, 0.2) is 11.6 Å². The molecule has 0 aliphatic carbocycles. The molecule has 0 aliphatic heterocycles. The van der Waals surface area contributed by atoms with Crippen LogP contribution in [0.3, 0.4) is 0 Å². The van der Waals surface area contributed by atoms with Crippen molar-refractivity contribution >= 4 is 44.6 Å².